The summed E-state index contributed by atoms with van der Waals surface area (Å²) in [6, 6.07) is 1.49. The number of hydrogen-bond acceptors (Lipinski definition) is 1. The van der Waals surface area contributed by atoms with Crippen LogP contribution in [0.2, 0.25) is 0 Å². The molecule has 1 aromatic carbocycles. The molecule has 1 aromatic rings. The van der Waals surface area contributed by atoms with Gasteiger partial charge in [-0.05, 0) is 30.7 Å². The molecule has 1 rings (SSSR count). The second-order valence-corrected chi connectivity index (χ2v) is 3.32. The number of ketones is 1. The lowest BCUT2D eigenvalue weighted by Crippen LogP contribution is -2.12. The third-order valence-corrected chi connectivity index (χ3v) is 1.83. The first-order chi connectivity index (χ1) is 7.70. The average molecular weight is 250 g/mol. The van der Waals surface area contributed by atoms with Crippen LogP contribution in [-0.2, 0) is 4.79 Å². The summed E-state index contributed by atoms with van der Waals surface area (Å²) < 4.78 is 63.3. The van der Waals surface area contributed by atoms with Gasteiger partial charge in [-0.3, -0.25) is 4.79 Å². The van der Waals surface area contributed by atoms with Gasteiger partial charge in [0.05, 0.1) is 5.57 Å². The molecule has 0 aliphatic rings. The van der Waals surface area contributed by atoms with Crippen molar-refractivity contribution < 1.29 is 26.7 Å². The Hall–Kier alpha value is -1.72. The Morgan fingerprint density at radius 3 is 1.94 bits per heavy atom. The Bertz CT molecular complexity index is 453. The van der Waals surface area contributed by atoms with Crippen molar-refractivity contribution in [1.29, 1.82) is 0 Å². The molecule has 0 aliphatic heterocycles. The fourth-order valence-electron chi connectivity index (χ4n) is 1.24. The first kappa shape index (κ1) is 13.3. The second kappa shape index (κ2) is 4.65. The number of carbonyl (C=O) groups excluding carboxylic acids is 1. The van der Waals surface area contributed by atoms with Crippen molar-refractivity contribution in [2.45, 2.75) is 13.1 Å². The fourth-order valence-corrected chi connectivity index (χ4v) is 1.24. The topological polar surface area (TPSA) is 17.1 Å². The van der Waals surface area contributed by atoms with E-state index in [0.717, 1.165) is 6.92 Å². The van der Waals surface area contributed by atoms with E-state index in [1.54, 1.807) is 0 Å². The van der Waals surface area contributed by atoms with Crippen LogP contribution in [0.1, 0.15) is 12.5 Å². The Balaban J connectivity index is 3.38. The highest BCUT2D eigenvalue weighted by Gasteiger charge is 2.35. The normalized spacial score (nSPS) is 12.7. The molecule has 0 bridgehead atoms. The number of allylic oxidation sites excluding steroid dienone is 2. The van der Waals surface area contributed by atoms with Gasteiger partial charge in [-0.25, -0.2) is 8.78 Å². The molecule has 0 spiro atoms. The maximum Gasteiger partial charge on any atom is 0.417 e. The molecule has 0 saturated carbocycles. The van der Waals surface area contributed by atoms with Gasteiger partial charge in [-0.1, -0.05) is 0 Å². The van der Waals surface area contributed by atoms with E-state index < -0.39 is 34.7 Å². The molecule has 1 nitrogen and oxygen atoms in total. The van der Waals surface area contributed by atoms with Gasteiger partial charge in [0.2, 0.25) is 0 Å². The number of halogens is 5. The van der Waals surface area contributed by atoms with Crippen molar-refractivity contribution in [3.05, 3.63) is 41.5 Å². The van der Waals surface area contributed by atoms with Gasteiger partial charge < -0.3 is 0 Å². The lowest BCUT2D eigenvalue weighted by atomic mass is 10.0. The summed E-state index contributed by atoms with van der Waals surface area (Å²) >= 11 is 0. The van der Waals surface area contributed by atoms with E-state index in [0.29, 0.717) is 24.3 Å². The van der Waals surface area contributed by atoms with Crippen molar-refractivity contribution in [3.63, 3.8) is 0 Å². The number of rotatable bonds is 2. The second-order valence-electron chi connectivity index (χ2n) is 3.32. The number of benzene rings is 1. The summed E-state index contributed by atoms with van der Waals surface area (Å²) in [4.78, 5) is 10.7. The number of alkyl halides is 3. The molecule has 0 fully saturated rings. The van der Waals surface area contributed by atoms with Gasteiger partial charge in [0, 0.05) is 6.07 Å². The van der Waals surface area contributed by atoms with E-state index >= 15 is 0 Å². The average Bonchev–Trinajstić information content (AvgIpc) is 2.10. The molecular weight excluding hydrogens is 243 g/mol. The third-order valence-electron chi connectivity index (χ3n) is 1.83. The van der Waals surface area contributed by atoms with Crippen LogP contribution >= 0.6 is 0 Å². The van der Waals surface area contributed by atoms with Crippen LogP contribution in [0.5, 0.6) is 0 Å². The number of hydrogen-bond donors (Lipinski definition) is 0. The highest BCUT2D eigenvalue weighted by molar-refractivity contribution is 5.96. The van der Waals surface area contributed by atoms with Crippen LogP contribution in [0, 0.1) is 11.6 Å². The van der Waals surface area contributed by atoms with Gasteiger partial charge in [0.15, 0.2) is 5.78 Å². The summed E-state index contributed by atoms with van der Waals surface area (Å²) in [7, 11) is 0. The van der Waals surface area contributed by atoms with Crippen molar-refractivity contribution in [2.24, 2.45) is 0 Å². The summed E-state index contributed by atoms with van der Waals surface area (Å²) in [6.07, 6.45) is -4.56. The maximum absolute atomic E-state index is 12.8. The third kappa shape index (κ3) is 3.65. The SMILES string of the molecule is CC(=O)/C=C(\c1cc(F)cc(F)c1)C(F)(F)F. The van der Waals surface area contributed by atoms with E-state index in [1.807, 2.05) is 0 Å². The molecule has 0 N–H and O–H groups in total. The maximum atomic E-state index is 12.8. The molecular formula is C11H7F5O. The van der Waals surface area contributed by atoms with Crippen molar-refractivity contribution in [2.75, 3.05) is 0 Å². The van der Waals surface area contributed by atoms with Gasteiger partial charge in [-0.2, -0.15) is 13.2 Å². The summed E-state index contributed by atoms with van der Waals surface area (Å²) in [6.45, 7) is 0.918. The zero-order chi connectivity index (χ0) is 13.2. The molecule has 0 amide bonds. The Kier molecular flexibility index (Phi) is 3.65. The monoisotopic (exact) mass is 250 g/mol. The van der Waals surface area contributed by atoms with E-state index in [9.17, 15) is 26.7 Å². The van der Waals surface area contributed by atoms with Crippen LogP contribution in [-0.4, -0.2) is 12.0 Å². The molecule has 0 radical (unpaired) electrons. The molecule has 0 aliphatic carbocycles. The van der Waals surface area contributed by atoms with Crippen molar-refractivity contribution in [3.8, 4) is 0 Å². The standard InChI is InChI=1S/C11H7F5O/c1-6(17)2-10(11(14,15)16)7-3-8(12)5-9(13)4-7/h2-5H,1H3/b10-2+. The van der Waals surface area contributed by atoms with E-state index in [4.69, 9.17) is 0 Å². The lowest BCUT2D eigenvalue weighted by Gasteiger charge is -2.11. The van der Waals surface area contributed by atoms with Gasteiger partial charge in [0.25, 0.3) is 0 Å². The molecule has 0 unspecified atom stereocenters. The minimum absolute atomic E-state index is 0.300. The van der Waals surface area contributed by atoms with Crippen LogP contribution in [0.15, 0.2) is 24.3 Å². The van der Waals surface area contributed by atoms with E-state index in [-0.39, 0.29) is 0 Å². The van der Waals surface area contributed by atoms with Crippen LogP contribution < -0.4 is 0 Å². The molecule has 17 heavy (non-hydrogen) atoms. The zero-order valence-corrected chi connectivity index (χ0v) is 8.61. The van der Waals surface area contributed by atoms with Crippen molar-refractivity contribution >= 4 is 11.4 Å². The summed E-state index contributed by atoms with van der Waals surface area (Å²) in [5.41, 5.74) is -2.09. The quantitative estimate of drug-likeness (QED) is 0.580. The molecule has 0 atom stereocenters. The largest absolute Gasteiger partial charge is 0.417 e. The van der Waals surface area contributed by atoms with Gasteiger partial charge >= 0.3 is 6.18 Å². The summed E-state index contributed by atoms with van der Waals surface area (Å²) in [5.74, 6) is -3.14. The van der Waals surface area contributed by atoms with E-state index in [2.05, 4.69) is 0 Å². The Labute approximate surface area is 93.6 Å². The predicted octanol–water partition coefficient (Wildman–Crippen LogP) is 3.50. The highest BCUT2D eigenvalue weighted by atomic mass is 19.4. The molecule has 0 saturated heterocycles. The molecule has 0 aromatic heterocycles. The zero-order valence-electron chi connectivity index (χ0n) is 8.61. The first-order valence-corrected chi connectivity index (χ1v) is 4.46. The van der Waals surface area contributed by atoms with Gasteiger partial charge in [0.1, 0.15) is 11.6 Å². The summed E-state index contributed by atoms with van der Waals surface area (Å²) in [5, 5.41) is 0. The smallest absolute Gasteiger partial charge is 0.295 e. The minimum atomic E-state index is -4.86. The van der Waals surface area contributed by atoms with E-state index in [1.165, 1.54) is 0 Å². The van der Waals surface area contributed by atoms with Crippen molar-refractivity contribution in [1.82, 2.24) is 0 Å². The van der Waals surface area contributed by atoms with Gasteiger partial charge in [-0.15, -0.1) is 0 Å². The molecule has 0 heterocycles. The minimum Gasteiger partial charge on any atom is -0.295 e. The van der Waals surface area contributed by atoms with Crippen LogP contribution in [0.3, 0.4) is 0 Å². The first-order valence-electron chi connectivity index (χ1n) is 4.46. The predicted molar refractivity (Wildman–Crippen MR) is 51.1 cm³/mol. The molecule has 92 valence electrons. The lowest BCUT2D eigenvalue weighted by molar-refractivity contribution is -0.113. The van der Waals surface area contributed by atoms with Crippen LogP contribution in [0.25, 0.3) is 5.57 Å². The fraction of sp³-hybridized carbons (Fsp3) is 0.182. The Morgan fingerprint density at radius 1 is 1.12 bits per heavy atom. The highest BCUT2D eigenvalue weighted by Crippen LogP contribution is 2.34. The molecule has 6 heteroatoms. The Morgan fingerprint density at radius 2 is 1.59 bits per heavy atom. The number of carbonyl (C=O) groups is 1. The van der Waals surface area contributed by atoms with Crippen LogP contribution in [0.4, 0.5) is 22.0 Å².